The maximum atomic E-state index is 11.9. The topological polar surface area (TPSA) is 131 Å². The van der Waals surface area contributed by atoms with Gasteiger partial charge in [-0.1, -0.05) is 0 Å². The van der Waals surface area contributed by atoms with Crippen molar-refractivity contribution in [1.82, 2.24) is 9.97 Å². The Kier molecular flexibility index (Phi) is 2.21. The molecular weight excluding hydrogens is 248 g/mol. The molecule has 7 heteroatoms. The largest absolute Gasteiger partial charge is 0.359 e. The minimum Gasteiger partial charge on any atom is -0.359 e. The number of carbonyl (C=O) groups is 1. The van der Waals surface area contributed by atoms with Gasteiger partial charge < -0.3 is 10.2 Å². The molecule has 1 aromatic rings. The quantitative estimate of drug-likeness (QED) is 0.595. The molecule has 7 nitrogen and oxygen atoms in total. The van der Waals surface area contributed by atoms with Crippen LogP contribution in [0.5, 0.6) is 0 Å². The van der Waals surface area contributed by atoms with E-state index >= 15 is 0 Å². The highest BCUT2D eigenvalue weighted by Crippen LogP contribution is 2.49. The van der Waals surface area contributed by atoms with E-state index in [0.717, 1.165) is 0 Å². The summed E-state index contributed by atoms with van der Waals surface area (Å²) >= 11 is 0. The number of aromatic nitrogens is 2. The fourth-order valence-electron chi connectivity index (χ4n) is 2.81. The van der Waals surface area contributed by atoms with Gasteiger partial charge in [0.25, 0.3) is 0 Å². The molecule has 2 N–H and O–H groups in total. The number of fused-ring (bicyclic) bond motifs is 2. The van der Waals surface area contributed by atoms with Crippen molar-refractivity contribution in [3.63, 3.8) is 0 Å². The van der Waals surface area contributed by atoms with Crippen LogP contribution in [0.25, 0.3) is 0 Å². The van der Waals surface area contributed by atoms with Crippen LogP contribution in [0.3, 0.4) is 0 Å². The molecule has 0 aromatic carbocycles. The van der Waals surface area contributed by atoms with Crippen LogP contribution in [0, 0.1) is 22.7 Å². The van der Waals surface area contributed by atoms with E-state index in [1.165, 1.54) is 0 Å². The van der Waals surface area contributed by atoms with Gasteiger partial charge >= 0.3 is 0 Å². The van der Waals surface area contributed by atoms with Crippen LogP contribution in [-0.4, -0.2) is 31.8 Å². The number of ketones is 1. The fraction of sp³-hybridized carbons (Fsp3) is 0.417. The Morgan fingerprint density at radius 3 is 2.26 bits per heavy atom. The van der Waals surface area contributed by atoms with Gasteiger partial charge in [-0.05, 0) is 12.8 Å². The lowest BCUT2D eigenvalue weighted by atomic mass is 9.66. The molecule has 0 unspecified atom stereocenters. The van der Waals surface area contributed by atoms with Crippen molar-refractivity contribution in [1.29, 1.82) is 10.5 Å². The molecule has 2 bridgehead atoms. The van der Waals surface area contributed by atoms with E-state index in [1.807, 2.05) is 0 Å². The lowest BCUT2D eigenvalue weighted by Gasteiger charge is -2.43. The second-order valence-electron chi connectivity index (χ2n) is 4.69. The SMILES string of the molecule is N#Cc1nc2c(nc1C#N)[C@@H]1CC[C@H]2C(=O)C1(O)O. The number of Topliss-reactive ketones (excluding diaryl/α,β-unsaturated/α-hetero) is 1. The number of hydrogen-bond donors (Lipinski definition) is 2. The lowest BCUT2D eigenvalue weighted by Crippen LogP contribution is -2.54. The van der Waals surface area contributed by atoms with Gasteiger partial charge in [-0.2, -0.15) is 10.5 Å². The van der Waals surface area contributed by atoms with Crippen molar-refractivity contribution >= 4 is 5.78 Å². The summed E-state index contributed by atoms with van der Waals surface area (Å²) in [5.74, 6) is -4.81. The van der Waals surface area contributed by atoms with E-state index in [0.29, 0.717) is 18.5 Å². The van der Waals surface area contributed by atoms with Gasteiger partial charge in [0.15, 0.2) is 11.4 Å². The highest BCUT2D eigenvalue weighted by atomic mass is 16.5. The molecule has 19 heavy (non-hydrogen) atoms. The summed E-state index contributed by atoms with van der Waals surface area (Å²) in [5.41, 5.74) is 0.257. The van der Waals surface area contributed by atoms with Crippen molar-refractivity contribution < 1.29 is 15.0 Å². The zero-order valence-corrected chi connectivity index (χ0v) is 9.66. The number of hydrogen-bond acceptors (Lipinski definition) is 7. The molecule has 0 radical (unpaired) electrons. The minimum atomic E-state index is -2.45. The molecule has 94 valence electrons. The van der Waals surface area contributed by atoms with E-state index in [9.17, 15) is 15.0 Å². The van der Waals surface area contributed by atoms with E-state index < -0.39 is 23.4 Å². The van der Waals surface area contributed by atoms with Crippen LogP contribution in [0.4, 0.5) is 0 Å². The Morgan fingerprint density at radius 1 is 1.11 bits per heavy atom. The van der Waals surface area contributed by atoms with E-state index in [4.69, 9.17) is 10.5 Å². The monoisotopic (exact) mass is 256 g/mol. The molecule has 3 aliphatic carbocycles. The third-order valence-electron chi connectivity index (χ3n) is 3.73. The van der Waals surface area contributed by atoms with Crippen molar-refractivity contribution in [2.24, 2.45) is 0 Å². The average molecular weight is 256 g/mol. The summed E-state index contributed by atoms with van der Waals surface area (Å²) < 4.78 is 0. The number of rotatable bonds is 0. The first-order valence-corrected chi connectivity index (χ1v) is 5.71. The van der Waals surface area contributed by atoms with Crippen molar-refractivity contribution in [3.8, 4) is 12.1 Å². The maximum absolute atomic E-state index is 11.9. The van der Waals surface area contributed by atoms with E-state index in [1.54, 1.807) is 12.1 Å². The summed E-state index contributed by atoms with van der Waals surface area (Å²) in [6, 6.07) is 3.51. The number of aliphatic hydroxyl groups is 2. The molecular formula is C12H8N4O3. The molecule has 4 rings (SSSR count). The number of nitrogens with zero attached hydrogens (tertiary/aromatic N) is 4. The fourth-order valence-corrected chi connectivity index (χ4v) is 2.81. The van der Waals surface area contributed by atoms with Crippen molar-refractivity contribution in [2.45, 2.75) is 30.5 Å². The second-order valence-corrected chi connectivity index (χ2v) is 4.69. The van der Waals surface area contributed by atoms with Crippen LogP contribution in [0.15, 0.2) is 0 Å². The average Bonchev–Trinajstić information content (AvgIpc) is 2.42. The van der Waals surface area contributed by atoms with Crippen LogP contribution in [0.2, 0.25) is 0 Å². The first-order chi connectivity index (χ1) is 9.00. The van der Waals surface area contributed by atoms with E-state index in [2.05, 4.69) is 9.97 Å². The Balaban J connectivity index is 2.29. The molecule has 0 amide bonds. The van der Waals surface area contributed by atoms with Gasteiger partial charge in [0.05, 0.1) is 23.2 Å². The molecule has 1 saturated carbocycles. The zero-order chi connectivity index (χ0) is 13.8. The summed E-state index contributed by atoms with van der Waals surface area (Å²) in [6.45, 7) is 0. The molecule has 3 aliphatic rings. The maximum Gasteiger partial charge on any atom is 0.233 e. The number of carbonyl (C=O) groups excluding carboxylic acids is 1. The Bertz CT molecular complexity index is 683. The Hall–Kier alpha value is -2.35. The third-order valence-corrected chi connectivity index (χ3v) is 3.73. The van der Waals surface area contributed by atoms with E-state index in [-0.39, 0.29) is 17.1 Å². The van der Waals surface area contributed by atoms with Crippen LogP contribution < -0.4 is 0 Å². The third kappa shape index (κ3) is 1.34. The first kappa shape index (κ1) is 11.7. The first-order valence-electron chi connectivity index (χ1n) is 5.71. The molecule has 0 aliphatic heterocycles. The predicted molar refractivity (Wildman–Crippen MR) is 58.4 cm³/mol. The van der Waals surface area contributed by atoms with Crippen molar-refractivity contribution in [3.05, 3.63) is 22.8 Å². The molecule has 0 saturated heterocycles. The van der Waals surface area contributed by atoms with Gasteiger partial charge in [-0.15, -0.1) is 0 Å². The molecule has 1 fully saturated rings. The van der Waals surface area contributed by atoms with Crippen LogP contribution >= 0.6 is 0 Å². The zero-order valence-electron chi connectivity index (χ0n) is 9.66. The summed E-state index contributed by atoms with van der Waals surface area (Å²) in [4.78, 5) is 19.9. The normalized spacial score (nSPS) is 26.4. The van der Waals surface area contributed by atoms with Gasteiger partial charge in [0.2, 0.25) is 11.6 Å². The van der Waals surface area contributed by atoms with Gasteiger partial charge in [-0.3, -0.25) is 4.79 Å². The highest BCUT2D eigenvalue weighted by molar-refractivity contribution is 5.95. The molecule has 1 aromatic heterocycles. The van der Waals surface area contributed by atoms with Gasteiger partial charge in [0.1, 0.15) is 12.1 Å². The van der Waals surface area contributed by atoms with Gasteiger partial charge in [0, 0.05) is 0 Å². The standard InChI is InChI=1S/C12H8N4O3/c13-3-7-8(4-14)16-10-6-2-1-5(9(10)15-7)11(17)12(6,18)19/h5-6,18-19H,1-2H2/t5-,6+/m1/s1. The molecule has 2 atom stereocenters. The lowest BCUT2D eigenvalue weighted by molar-refractivity contribution is -0.203. The van der Waals surface area contributed by atoms with Crippen LogP contribution in [-0.2, 0) is 4.79 Å². The highest BCUT2D eigenvalue weighted by Gasteiger charge is 2.57. The predicted octanol–water partition coefficient (Wildman–Crippen LogP) is -0.555. The summed E-state index contributed by atoms with van der Waals surface area (Å²) in [5, 5.41) is 37.5. The minimum absolute atomic E-state index is 0.136. The molecule has 0 spiro atoms. The number of nitriles is 2. The Labute approximate surface area is 107 Å². The summed E-state index contributed by atoms with van der Waals surface area (Å²) in [6.07, 6.45) is 0.840. The Morgan fingerprint density at radius 2 is 1.68 bits per heavy atom. The van der Waals surface area contributed by atoms with Crippen molar-refractivity contribution in [2.75, 3.05) is 0 Å². The smallest absolute Gasteiger partial charge is 0.233 e. The van der Waals surface area contributed by atoms with Crippen LogP contribution in [0.1, 0.15) is 47.5 Å². The van der Waals surface area contributed by atoms with Gasteiger partial charge in [-0.25, -0.2) is 9.97 Å². The summed E-state index contributed by atoms with van der Waals surface area (Å²) in [7, 11) is 0. The second kappa shape index (κ2) is 3.58. The molecule has 1 heterocycles.